The zero-order valence-electron chi connectivity index (χ0n) is 12.9. The van der Waals surface area contributed by atoms with Crippen LogP contribution < -0.4 is 14.8 Å². The van der Waals surface area contributed by atoms with Gasteiger partial charge in [0.1, 0.15) is 10.6 Å². The van der Waals surface area contributed by atoms with Crippen molar-refractivity contribution in [3.8, 4) is 5.75 Å². The van der Waals surface area contributed by atoms with E-state index in [9.17, 15) is 8.42 Å². The van der Waals surface area contributed by atoms with E-state index >= 15 is 0 Å². The zero-order valence-corrected chi connectivity index (χ0v) is 13.7. The van der Waals surface area contributed by atoms with Crippen LogP contribution in [0.5, 0.6) is 5.75 Å². The molecule has 1 fully saturated rings. The molecule has 21 heavy (non-hydrogen) atoms. The Morgan fingerprint density at radius 3 is 2.76 bits per heavy atom. The minimum absolute atomic E-state index is 0.249. The van der Waals surface area contributed by atoms with Crippen LogP contribution in [-0.4, -0.2) is 35.2 Å². The highest BCUT2D eigenvalue weighted by atomic mass is 32.2. The molecule has 1 saturated heterocycles. The first-order valence-corrected chi connectivity index (χ1v) is 8.78. The summed E-state index contributed by atoms with van der Waals surface area (Å²) in [4.78, 5) is 0.249. The molecule has 1 atom stereocenters. The molecule has 1 aromatic carbocycles. The lowest BCUT2D eigenvalue weighted by Gasteiger charge is -2.23. The van der Waals surface area contributed by atoms with E-state index in [0.29, 0.717) is 23.8 Å². The Morgan fingerprint density at radius 2 is 2.14 bits per heavy atom. The minimum Gasteiger partial charge on any atom is -0.495 e. The summed E-state index contributed by atoms with van der Waals surface area (Å²) >= 11 is 0. The van der Waals surface area contributed by atoms with Gasteiger partial charge in [-0.3, -0.25) is 0 Å². The van der Waals surface area contributed by atoms with Gasteiger partial charge in [0.15, 0.2) is 0 Å². The van der Waals surface area contributed by atoms with Crippen molar-refractivity contribution < 1.29 is 13.2 Å². The number of sulfonamides is 1. The lowest BCUT2D eigenvalue weighted by molar-refractivity contribution is 0.374. The molecule has 118 valence electrons. The Balaban J connectivity index is 2.19. The van der Waals surface area contributed by atoms with Gasteiger partial charge in [0.2, 0.25) is 10.0 Å². The van der Waals surface area contributed by atoms with E-state index in [0.717, 1.165) is 31.5 Å². The summed E-state index contributed by atoms with van der Waals surface area (Å²) in [5, 5.41) is 3.29. The normalized spacial score (nSPS) is 19.5. The highest BCUT2D eigenvalue weighted by Gasteiger charge is 2.24. The first-order valence-electron chi connectivity index (χ1n) is 7.29. The van der Waals surface area contributed by atoms with Gasteiger partial charge in [0, 0.05) is 6.54 Å². The van der Waals surface area contributed by atoms with Gasteiger partial charge < -0.3 is 10.1 Å². The van der Waals surface area contributed by atoms with Crippen molar-refractivity contribution in [2.75, 3.05) is 26.7 Å². The van der Waals surface area contributed by atoms with E-state index in [1.54, 1.807) is 13.0 Å². The molecule has 1 unspecified atom stereocenters. The molecule has 0 bridgehead atoms. The van der Waals surface area contributed by atoms with E-state index in [-0.39, 0.29) is 4.90 Å². The lowest BCUT2D eigenvalue weighted by atomic mass is 10.0. The fourth-order valence-corrected chi connectivity index (χ4v) is 4.30. The second-order valence-corrected chi connectivity index (χ2v) is 7.38. The molecule has 2 N–H and O–H groups in total. The minimum atomic E-state index is -3.55. The highest BCUT2D eigenvalue weighted by Crippen LogP contribution is 2.28. The molecular weight excluding hydrogens is 288 g/mol. The summed E-state index contributed by atoms with van der Waals surface area (Å²) in [5.41, 5.74) is 1.70. The molecule has 6 heteroatoms. The van der Waals surface area contributed by atoms with Gasteiger partial charge in [-0.1, -0.05) is 6.07 Å². The smallest absolute Gasteiger partial charge is 0.244 e. The van der Waals surface area contributed by atoms with Crippen molar-refractivity contribution in [2.45, 2.75) is 31.6 Å². The standard InChI is InChI=1S/C15H24N2O3S/c1-11-7-12(2)15(14(8-11)20-3)21(18,19)17-10-13-5-4-6-16-9-13/h7-8,13,16-17H,4-6,9-10H2,1-3H3. The summed E-state index contributed by atoms with van der Waals surface area (Å²) in [7, 11) is -2.05. The summed E-state index contributed by atoms with van der Waals surface area (Å²) in [6.45, 7) is 6.08. The van der Waals surface area contributed by atoms with Crippen LogP contribution in [0.15, 0.2) is 17.0 Å². The van der Waals surface area contributed by atoms with Crippen molar-refractivity contribution >= 4 is 10.0 Å². The fraction of sp³-hybridized carbons (Fsp3) is 0.600. The molecule has 5 nitrogen and oxygen atoms in total. The SMILES string of the molecule is COc1cc(C)cc(C)c1S(=O)(=O)NCC1CCCNC1. The van der Waals surface area contributed by atoms with Crippen molar-refractivity contribution in [3.63, 3.8) is 0 Å². The van der Waals surface area contributed by atoms with E-state index in [2.05, 4.69) is 10.0 Å². The van der Waals surface area contributed by atoms with Crippen LogP contribution in [0.4, 0.5) is 0 Å². The van der Waals surface area contributed by atoms with E-state index in [1.807, 2.05) is 13.0 Å². The Kier molecular flexibility index (Phi) is 5.24. The van der Waals surface area contributed by atoms with Crippen LogP contribution >= 0.6 is 0 Å². The summed E-state index contributed by atoms with van der Waals surface area (Å²) in [6.07, 6.45) is 2.15. The van der Waals surface area contributed by atoms with Crippen LogP contribution in [0, 0.1) is 19.8 Å². The van der Waals surface area contributed by atoms with Crippen LogP contribution in [-0.2, 0) is 10.0 Å². The van der Waals surface area contributed by atoms with E-state index in [4.69, 9.17) is 4.74 Å². The quantitative estimate of drug-likeness (QED) is 0.866. The van der Waals surface area contributed by atoms with Gasteiger partial charge in [-0.15, -0.1) is 0 Å². The molecule has 0 aliphatic carbocycles. The molecule has 0 aromatic heterocycles. The molecule has 1 aliphatic heterocycles. The number of piperidine rings is 1. The third kappa shape index (κ3) is 3.96. The number of rotatable bonds is 5. The van der Waals surface area contributed by atoms with Crippen molar-refractivity contribution in [1.82, 2.24) is 10.0 Å². The average Bonchev–Trinajstić information content (AvgIpc) is 2.45. The van der Waals surface area contributed by atoms with Crippen molar-refractivity contribution in [1.29, 1.82) is 0 Å². The molecule has 0 spiro atoms. The molecule has 1 heterocycles. The Labute approximate surface area is 127 Å². The number of hydrogen-bond acceptors (Lipinski definition) is 4. The van der Waals surface area contributed by atoms with Gasteiger partial charge in [-0.05, 0) is 62.9 Å². The van der Waals surface area contributed by atoms with Gasteiger partial charge in [-0.2, -0.15) is 0 Å². The van der Waals surface area contributed by atoms with Crippen LogP contribution in [0.1, 0.15) is 24.0 Å². The monoisotopic (exact) mass is 312 g/mol. The second kappa shape index (κ2) is 6.77. The lowest BCUT2D eigenvalue weighted by Crippen LogP contribution is -2.38. The van der Waals surface area contributed by atoms with Gasteiger partial charge in [-0.25, -0.2) is 13.1 Å². The maximum absolute atomic E-state index is 12.6. The first kappa shape index (κ1) is 16.3. The number of aryl methyl sites for hydroxylation is 2. The summed E-state index contributed by atoms with van der Waals surface area (Å²) in [5.74, 6) is 0.757. The second-order valence-electron chi connectivity index (χ2n) is 5.68. The first-order chi connectivity index (χ1) is 9.94. The third-order valence-corrected chi connectivity index (χ3v) is 5.44. The Hall–Kier alpha value is -1.11. The predicted molar refractivity (Wildman–Crippen MR) is 83.3 cm³/mol. The largest absolute Gasteiger partial charge is 0.495 e. The fourth-order valence-electron chi connectivity index (χ4n) is 2.81. The van der Waals surface area contributed by atoms with Gasteiger partial charge in [0.25, 0.3) is 0 Å². The molecule has 0 saturated carbocycles. The number of hydrogen-bond donors (Lipinski definition) is 2. The topological polar surface area (TPSA) is 67.4 Å². The Bertz CT molecular complexity index is 593. The highest BCUT2D eigenvalue weighted by molar-refractivity contribution is 7.89. The molecule has 0 radical (unpaired) electrons. The molecule has 1 aliphatic rings. The molecular formula is C15H24N2O3S. The summed E-state index contributed by atoms with van der Waals surface area (Å²) in [6, 6.07) is 3.61. The molecule has 2 rings (SSSR count). The van der Waals surface area contributed by atoms with E-state index in [1.165, 1.54) is 7.11 Å². The predicted octanol–water partition coefficient (Wildman–Crippen LogP) is 1.59. The summed E-state index contributed by atoms with van der Waals surface area (Å²) < 4.78 is 33.1. The van der Waals surface area contributed by atoms with Crippen LogP contribution in [0.3, 0.4) is 0 Å². The average molecular weight is 312 g/mol. The van der Waals surface area contributed by atoms with Gasteiger partial charge >= 0.3 is 0 Å². The van der Waals surface area contributed by atoms with Gasteiger partial charge in [0.05, 0.1) is 7.11 Å². The van der Waals surface area contributed by atoms with Crippen LogP contribution in [0.25, 0.3) is 0 Å². The Morgan fingerprint density at radius 1 is 1.38 bits per heavy atom. The maximum Gasteiger partial charge on any atom is 0.244 e. The molecule has 1 aromatic rings. The molecule has 0 amide bonds. The van der Waals surface area contributed by atoms with Crippen molar-refractivity contribution in [2.24, 2.45) is 5.92 Å². The maximum atomic E-state index is 12.6. The third-order valence-electron chi connectivity index (χ3n) is 3.83. The van der Waals surface area contributed by atoms with Crippen molar-refractivity contribution in [3.05, 3.63) is 23.3 Å². The number of nitrogens with one attached hydrogen (secondary N) is 2. The number of methoxy groups -OCH3 is 1. The number of ether oxygens (including phenoxy) is 1. The van der Waals surface area contributed by atoms with Crippen LogP contribution in [0.2, 0.25) is 0 Å². The van der Waals surface area contributed by atoms with E-state index < -0.39 is 10.0 Å². The zero-order chi connectivity index (χ0) is 15.5. The number of benzene rings is 1.